The van der Waals surface area contributed by atoms with E-state index in [1.165, 1.54) is 7.11 Å². The van der Waals surface area contributed by atoms with Crippen LogP contribution in [0.2, 0.25) is 0 Å². The average molecular weight is 389 g/mol. The predicted octanol–water partition coefficient (Wildman–Crippen LogP) is 1.70. The monoisotopic (exact) mass is 389 g/mol. The largest absolute Gasteiger partial charge is 0.495 e. The van der Waals surface area contributed by atoms with Crippen molar-refractivity contribution in [1.29, 1.82) is 0 Å². The molecule has 2 aromatic carbocycles. The molecule has 0 saturated carbocycles. The minimum Gasteiger partial charge on any atom is -0.495 e. The van der Waals surface area contributed by atoms with E-state index in [0.29, 0.717) is 11.4 Å². The zero-order valence-electron chi connectivity index (χ0n) is 15.7. The summed E-state index contributed by atoms with van der Waals surface area (Å²) in [6.45, 7) is 0. The van der Waals surface area contributed by atoms with Crippen LogP contribution in [0.15, 0.2) is 54.7 Å². The predicted molar refractivity (Wildman–Crippen MR) is 106 cm³/mol. The van der Waals surface area contributed by atoms with Gasteiger partial charge in [0.2, 0.25) is 17.7 Å². The Kier molecular flexibility index (Phi) is 3.74. The van der Waals surface area contributed by atoms with Crippen molar-refractivity contribution in [2.45, 2.75) is 12.1 Å². The van der Waals surface area contributed by atoms with Crippen molar-refractivity contribution in [3.8, 4) is 5.75 Å². The van der Waals surface area contributed by atoms with E-state index in [-0.39, 0.29) is 5.91 Å². The molecule has 0 aliphatic carbocycles. The Hall–Kier alpha value is -3.61. The van der Waals surface area contributed by atoms with E-state index in [0.717, 1.165) is 16.0 Å². The molecule has 2 N–H and O–H groups in total. The molecule has 3 aliphatic rings. The Labute approximate surface area is 167 Å². The fourth-order valence-corrected chi connectivity index (χ4v) is 4.93. The molecule has 0 radical (unpaired) electrons. The Morgan fingerprint density at radius 2 is 1.69 bits per heavy atom. The standard InChI is InChI=1S/C22H19N3O4/c1-29-15-9-5-4-8-14(15)25-21(27)16-17(22(25)28)19(20(23)26)24-11-10-12-6-2-3-7-13(12)18(16)24/h2-11,16-19H,1H3,(H2,23,26)/t16-,17+,18+,19+/m0/s1. The van der Waals surface area contributed by atoms with Crippen LogP contribution in [0.5, 0.6) is 5.75 Å². The van der Waals surface area contributed by atoms with Gasteiger partial charge in [0.15, 0.2) is 0 Å². The number of imide groups is 1. The van der Waals surface area contributed by atoms with Gasteiger partial charge < -0.3 is 15.4 Å². The van der Waals surface area contributed by atoms with Gasteiger partial charge in [-0.25, -0.2) is 4.90 Å². The SMILES string of the molecule is COc1ccccc1N1C(=O)[C@@H]2[C@H](C1=O)[C@H]1c3ccccc3C=CN1[C@H]2C(N)=O. The second-order valence-corrected chi connectivity index (χ2v) is 7.42. The molecule has 7 nitrogen and oxygen atoms in total. The summed E-state index contributed by atoms with van der Waals surface area (Å²) in [7, 11) is 1.49. The van der Waals surface area contributed by atoms with Crippen LogP contribution < -0.4 is 15.4 Å². The highest BCUT2D eigenvalue weighted by Gasteiger charge is 2.64. The summed E-state index contributed by atoms with van der Waals surface area (Å²) < 4.78 is 5.35. The molecule has 146 valence electrons. The van der Waals surface area contributed by atoms with E-state index in [2.05, 4.69) is 0 Å². The number of primary amides is 1. The molecule has 5 rings (SSSR count). The number of carbonyl (C=O) groups excluding carboxylic acids is 3. The molecule has 29 heavy (non-hydrogen) atoms. The molecule has 2 saturated heterocycles. The third-order valence-corrected chi connectivity index (χ3v) is 6.08. The van der Waals surface area contributed by atoms with Gasteiger partial charge in [0.1, 0.15) is 11.8 Å². The number of anilines is 1. The van der Waals surface area contributed by atoms with Crippen molar-refractivity contribution in [3.05, 3.63) is 65.9 Å². The Balaban J connectivity index is 1.66. The van der Waals surface area contributed by atoms with Crippen LogP contribution in [0, 0.1) is 11.8 Å². The Bertz CT molecular complexity index is 1080. The fraction of sp³-hybridized carbons (Fsp3) is 0.227. The first kappa shape index (κ1) is 17.5. The number of methoxy groups -OCH3 is 1. The zero-order chi connectivity index (χ0) is 20.3. The number of fused-ring (bicyclic) bond motifs is 5. The number of benzene rings is 2. The van der Waals surface area contributed by atoms with E-state index >= 15 is 0 Å². The van der Waals surface area contributed by atoms with Crippen molar-refractivity contribution in [3.63, 3.8) is 0 Å². The van der Waals surface area contributed by atoms with Gasteiger partial charge in [0, 0.05) is 6.20 Å². The number of hydrogen-bond donors (Lipinski definition) is 1. The van der Waals surface area contributed by atoms with Gasteiger partial charge in [-0.3, -0.25) is 14.4 Å². The number of amides is 3. The summed E-state index contributed by atoms with van der Waals surface area (Å²) >= 11 is 0. The maximum Gasteiger partial charge on any atom is 0.240 e. The third kappa shape index (κ3) is 2.27. The van der Waals surface area contributed by atoms with Gasteiger partial charge >= 0.3 is 0 Å². The van der Waals surface area contributed by atoms with Gasteiger partial charge in [0.05, 0.1) is 30.7 Å². The third-order valence-electron chi connectivity index (χ3n) is 6.08. The molecule has 0 spiro atoms. The lowest BCUT2D eigenvalue weighted by Gasteiger charge is -2.34. The summed E-state index contributed by atoms with van der Waals surface area (Å²) in [5.74, 6) is -2.50. The smallest absolute Gasteiger partial charge is 0.240 e. The molecule has 3 aliphatic heterocycles. The first-order valence-electron chi connectivity index (χ1n) is 9.39. The van der Waals surface area contributed by atoms with Gasteiger partial charge in [0.25, 0.3) is 0 Å². The number of carbonyl (C=O) groups is 3. The summed E-state index contributed by atoms with van der Waals surface area (Å²) in [6.07, 6.45) is 3.66. The maximum absolute atomic E-state index is 13.5. The van der Waals surface area contributed by atoms with Crippen LogP contribution in [0.3, 0.4) is 0 Å². The first-order valence-corrected chi connectivity index (χ1v) is 9.39. The van der Waals surface area contributed by atoms with Gasteiger partial charge in [-0.2, -0.15) is 0 Å². The van der Waals surface area contributed by atoms with Crippen molar-refractivity contribution in [2.75, 3.05) is 12.0 Å². The summed E-state index contributed by atoms with van der Waals surface area (Å²) in [6, 6.07) is 13.3. The van der Waals surface area contributed by atoms with Gasteiger partial charge in [-0.05, 0) is 29.3 Å². The minimum absolute atomic E-state index is 0.339. The number of para-hydroxylation sites is 2. The maximum atomic E-state index is 13.5. The molecule has 3 amide bonds. The summed E-state index contributed by atoms with van der Waals surface area (Å²) in [5.41, 5.74) is 7.97. The molecule has 2 fully saturated rings. The minimum atomic E-state index is -0.884. The van der Waals surface area contributed by atoms with Crippen LogP contribution >= 0.6 is 0 Å². The normalized spacial score (nSPS) is 26.9. The molecule has 0 bridgehead atoms. The van der Waals surface area contributed by atoms with Crippen molar-refractivity contribution in [1.82, 2.24) is 4.90 Å². The van der Waals surface area contributed by atoms with Crippen LogP contribution in [-0.2, 0) is 14.4 Å². The number of rotatable bonds is 3. The Morgan fingerprint density at radius 3 is 2.45 bits per heavy atom. The molecular weight excluding hydrogens is 370 g/mol. The number of hydrogen-bond acceptors (Lipinski definition) is 5. The molecular formula is C22H19N3O4. The molecule has 0 aromatic heterocycles. The van der Waals surface area contributed by atoms with Crippen LogP contribution in [-0.4, -0.2) is 35.8 Å². The lowest BCUT2D eigenvalue weighted by atomic mass is 9.84. The fourth-order valence-electron chi connectivity index (χ4n) is 4.93. The number of ether oxygens (including phenoxy) is 1. The highest BCUT2D eigenvalue weighted by molar-refractivity contribution is 6.24. The van der Waals surface area contributed by atoms with Crippen molar-refractivity contribution in [2.24, 2.45) is 17.6 Å². The van der Waals surface area contributed by atoms with E-state index in [4.69, 9.17) is 10.5 Å². The van der Waals surface area contributed by atoms with Crippen LogP contribution in [0.4, 0.5) is 5.69 Å². The van der Waals surface area contributed by atoms with Crippen molar-refractivity contribution < 1.29 is 19.1 Å². The second-order valence-electron chi connectivity index (χ2n) is 7.42. The highest BCUT2D eigenvalue weighted by Crippen LogP contribution is 2.53. The zero-order valence-corrected chi connectivity index (χ0v) is 15.7. The van der Waals surface area contributed by atoms with E-state index in [9.17, 15) is 14.4 Å². The van der Waals surface area contributed by atoms with Gasteiger partial charge in [-0.15, -0.1) is 0 Å². The van der Waals surface area contributed by atoms with E-state index in [1.807, 2.05) is 30.3 Å². The molecule has 0 unspecified atom stereocenters. The van der Waals surface area contributed by atoms with Gasteiger partial charge in [-0.1, -0.05) is 36.4 Å². The first-order chi connectivity index (χ1) is 14.0. The topological polar surface area (TPSA) is 92.9 Å². The summed E-state index contributed by atoms with van der Waals surface area (Å²) in [5, 5.41) is 0. The highest BCUT2D eigenvalue weighted by atomic mass is 16.5. The number of nitrogens with zero attached hydrogens (tertiary/aromatic N) is 2. The van der Waals surface area contributed by atoms with E-state index < -0.39 is 35.7 Å². The molecule has 2 aromatic rings. The van der Waals surface area contributed by atoms with Crippen LogP contribution in [0.25, 0.3) is 6.08 Å². The van der Waals surface area contributed by atoms with Crippen molar-refractivity contribution >= 4 is 29.5 Å². The number of nitrogens with two attached hydrogens (primary N) is 1. The summed E-state index contributed by atoms with van der Waals surface area (Å²) in [4.78, 5) is 42.3. The molecule has 4 atom stereocenters. The lowest BCUT2D eigenvalue weighted by molar-refractivity contribution is -0.129. The average Bonchev–Trinajstić information content (AvgIpc) is 3.21. The second kappa shape index (κ2) is 6.20. The molecule has 3 heterocycles. The quantitative estimate of drug-likeness (QED) is 0.807. The Morgan fingerprint density at radius 1 is 1.00 bits per heavy atom. The van der Waals surface area contributed by atoms with Crippen LogP contribution in [0.1, 0.15) is 17.2 Å². The lowest BCUT2D eigenvalue weighted by Crippen LogP contribution is -2.46. The molecule has 7 heteroatoms. The van der Waals surface area contributed by atoms with E-state index in [1.54, 1.807) is 35.4 Å².